The number of hydrogen-bond donors (Lipinski definition) is 1. The smallest absolute Gasteiger partial charge is 0.243 e. The number of carbonyl (C=O) groups excluding carboxylic acids is 1. The molecule has 0 bridgehead atoms. The van der Waals surface area contributed by atoms with Crippen molar-refractivity contribution in [2.24, 2.45) is 0 Å². The number of anilines is 1. The van der Waals surface area contributed by atoms with Gasteiger partial charge in [-0.1, -0.05) is 6.07 Å². The van der Waals surface area contributed by atoms with E-state index < -0.39 is 15.3 Å². The van der Waals surface area contributed by atoms with Gasteiger partial charge in [0, 0.05) is 23.7 Å². The predicted octanol–water partition coefficient (Wildman–Crippen LogP) is 3.27. The zero-order valence-electron chi connectivity index (χ0n) is 16.2. The second kappa shape index (κ2) is 9.25. The molecule has 1 amide bonds. The van der Waals surface area contributed by atoms with Crippen LogP contribution in [0.4, 0.5) is 10.1 Å². The Hall–Kier alpha value is -1.94. The second-order valence-electron chi connectivity index (χ2n) is 6.70. The van der Waals surface area contributed by atoms with E-state index in [0.29, 0.717) is 37.6 Å². The van der Waals surface area contributed by atoms with Crippen molar-refractivity contribution in [2.45, 2.75) is 28.9 Å². The molecule has 9 heteroatoms. The minimum atomic E-state index is -3.66. The molecule has 2 aromatic rings. The molecule has 0 saturated carbocycles. The van der Waals surface area contributed by atoms with E-state index in [9.17, 15) is 17.6 Å². The number of amides is 1. The Morgan fingerprint density at radius 3 is 2.48 bits per heavy atom. The molecular formula is C20H23FN2O4S2. The second-order valence-corrected chi connectivity index (χ2v) is 10.0. The van der Waals surface area contributed by atoms with Crippen molar-refractivity contribution in [3.05, 3.63) is 53.8 Å². The lowest BCUT2D eigenvalue weighted by Gasteiger charge is -2.27. The van der Waals surface area contributed by atoms with Crippen LogP contribution >= 0.6 is 11.8 Å². The summed E-state index contributed by atoms with van der Waals surface area (Å²) in [7, 11) is -3.66. The highest BCUT2D eigenvalue weighted by Gasteiger charge is 2.28. The lowest BCUT2D eigenvalue weighted by atomic mass is 10.2. The molecule has 1 atom stereocenters. The summed E-state index contributed by atoms with van der Waals surface area (Å²) in [5.41, 5.74) is 1.03. The number of ether oxygens (including phenoxy) is 1. The summed E-state index contributed by atoms with van der Waals surface area (Å²) >= 11 is 1.30. The Balaban J connectivity index is 1.73. The Bertz CT molecular complexity index is 974. The highest BCUT2D eigenvalue weighted by molar-refractivity contribution is 8.00. The van der Waals surface area contributed by atoms with E-state index in [4.69, 9.17) is 4.74 Å². The minimum Gasteiger partial charge on any atom is -0.379 e. The number of carbonyl (C=O) groups is 1. The van der Waals surface area contributed by atoms with E-state index >= 15 is 0 Å². The van der Waals surface area contributed by atoms with E-state index in [2.05, 4.69) is 5.32 Å². The fraction of sp³-hybridized carbons (Fsp3) is 0.350. The third-order valence-corrected chi connectivity index (χ3v) is 7.69. The number of nitrogens with one attached hydrogen (secondary N) is 1. The average molecular weight is 439 g/mol. The Morgan fingerprint density at radius 2 is 1.83 bits per heavy atom. The van der Waals surface area contributed by atoms with Crippen molar-refractivity contribution in [1.29, 1.82) is 0 Å². The van der Waals surface area contributed by atoms with Crippen LogP contribution in [0, 0.1) is 12.7 Å². The summed E-state index contributed by atoms with van der Waals surface area (Å²) in [6, 6.07) is 10.8. The molecule has 6 nitrogen and oxygen atoms in total. The molecule has 1 fully saturated rings. The van der Waals surface area contributed by atoms with Gasteiger partial charge in [0.05, 0.1) is 23.4 Å². The zero-order valence-corrected chi connectivity index (χ0v) is 17.9. The quantitative estimate of drug-likeness (QED) is 0.701. The van der Waals surface area contributed by atoms with Crippen LogP contribution in [0.3, 0.4) is 0 Å². The molecule has 1 aliphatic heterocycles. The number of thioether (sulfide) groups is 1. The Labute approximate surface area is 174 Å². The van der Waals surface area contributed by atoms with Crippen LogP contribution in [0.25, 0.3) is 0 Å². The first-order valence-corrected chi connectivity index (χ1v) is 11.5. The number of nitrogens with zero attached hydrogens (tertiary/aromatic N) is 1. The maximum Gasteiger partial charge on any atom is 0.243 e. The number of hydrogen-bond acceptors (Lipinski definition) is 5. The normalized spacial score (nSPS) is 16.4. The molecule has 0 spiro atoms. The van der Waals surface area contributed by atoms with Gasteiger partial charge in [0.15, 0.2) is 0 Å². The Kier molecular flexibility index (Phi) is 6.94. The van der Waals surface area contributed by atoms with E-state index in [1.54, 1.807) is 38.1 Å². The molecule has 1 saturated heterocycles. The highest BCUT2D eigenvalue weighted by Crippen LogP contribution is 2.27. The summed E-state index contributed by atoms with van der Waals surface area (Å²) in [4.78, 5) is 13.5. The van der Waals surface area contributed by atoms with Gasteiger partial charge in [-0.15, -0.1) is 11.8 Å². The standard InChI is InChI=1S/C20H23FN2O4S2/c1-14-3-6-17(13-19(14)29(25,26)23-9-11-27-12-10-23)22-20(24)15(2)28-18-7-4-16(21)5-8-18/h3-8,13,15H,9-12H2,1-2H3,(H,22,24). The van der Waals surface area contributed by atoms with Gasteiger partial charge in [0.1, 0.15) is 5.82 Å². The molecule has 2 aromatic carbocycles. The van der Waals surface area contributed by atoms with Crippen molar-refractivity contribution >= 4 is 33.4 Å². The van der Waals surface area contributed by atoms with Gasteiger partial charge in [-0.3, -0.25) is 4.79 Å². The number of sulfonamides is 1. The molecule has 1 unspecified atom stereocenters. The van der Waals surface area contributed by atoms with E-state index in [-0.39, 0.29) is 16.6 Å². The van der Waals surface area contributed by atoms with Gasteiger partial charge in [0.25, 0.3) is 0 Å². The molecule has 3 rings (SSSR count). The van der Waals surface area contributed by atoms with Crippen molar-refractivity contribution in [1.82, 2.24) is 4.31 Å². The van der Waals surface area contributed by atoms with Crippen molar-refractivity contribution < 1.29 is 22.3 Å². The molecule has 0 aromatic heterocycles. The molecule has 0 aliphatic carbocycles. The largest absolute Gasteiger partial charge is 0.379 e. The van der Waals surface area contributed by atoms with E-state index in [0.717, 1.165) is 4.90 Å². The molecule has 1 aliphatic rings. The lowest BCUT2D eigenvalue weighted by Crippen LogP contribution is -2.40. The summed E-state index contributed by atoms with van der Waals surface area (Å²) in [5, 5.41) is 2.33. The summed E-state index contributed by atoms with van der Waals surface area (Å²) in [6.45, 7) is 4.82. The zero-order chi connectivity index (χ0) is 21.0. The number of halogens is 1. The number of aryl methyl sites for hydroxylation is 1. The number of morpholine rings is 1. The third kappa shape index (κ3) is 5.36. The van der Waals surface area contributed by atoms with Crippen LogP contribution < -0.4 is 5.32 Å². The molecule has 0 radical (unpaired) electrons. The summed E-state index contributed by atoms with van der Waals surface area (Å²) < 4.78 is 45.6. The van der Waals surface area contributed by atoms with Crippen LogP contribution in [0.5, 0.6) is 0 Å². The maximum absolute atomic E-state index is 13.0. The monoisotopic (exact) mass is 438 g/mol. The van der Waals surface area contributed by atoms with Crippen LogP contribution in [0.1, 0.15) is 12.5 Å². The fourth-order valence-electron chi connectivity index (χ4n) is 2.90. The number of rotatable bonds is 6. The predicted molar refractivity (Wildman–Crippen MR) is 111 cm³/mol. The first-order chi connectivity index (χ1) is 13.8. The van der Waals surface area contributed by atoms with E-state index in [1.165, 1.54) is 34.3 Å². The molecule has 1 N–H and O–H groups in total. The summed E-state index contributed by atoms with van der Waals surface area (Å²) in [6.07, 6.45) is 0. The number of benzene rings is 2. The van der Waals surface area contributed by atoms with Gasteiger partial charge in [-0.05, 0) is 55.8 Å². The first-order valence-electron chi connectivity index (χ1n) is 9.19. The fourth-order valence-corrected chi connectivity index (χ4v) is 5.42. The molecular weight excluding hydrogens is 415 g/mol. The van der Waals surface area contributed by atoms with Gasteiger partial charge in [-0.2, -0.15) is 4.31 Å². The molecule has 29 heavy (non-hydrogen) atoms. The molecule has 156 valence electrons. The maximum atomic E-state index is 13.0. The van der Waals surface area contributed by atoms with Gasteiger partial charge >= 0.3 is 0 Å². The van der Waals surface area contributed by atoms with Crippen LogP contribution in [-0.2, 0) is 19.6 Å². The van der Waals surface area contributed by atoms with Gasteiger partial charge in [-0.25, -0.2) is 12.8 Å². The Morgan fingerprint density at radius 1 is 1.17 bits per heavy atom. The van der Waals surface area contributed by atoms with Gasteiger partial charge < -0.3 is 10.1 Å². The van der Waals surface area contributed by atoms with Gasteiger partial charge in [0.2, 0.25) is 15.9 Å². The van der Waals surface area contributed by atoms with Crippen LogP contribution in [-0.4, -0.2) is 50.2 Å². The summed E-state index contributed by atoms with van der Waals surface area (Å²) in [5.74, 6) is -0.599. The average Bonchev–Trinajstić information content (AvgIpc) is 2.71. The topological polar surface area (TPSA) is 75.7 Å². The minimum absolute atomic E-state index is 0.177. The van der Waals surface area contributed by atoms with E-state index in [1.807, 2.05) is 0 Å². The third-order valence-electron chi connectivity index (χ3n) is 4.54. The van der Waals surface area contributed by atoms with Crippen molar-refractivity contribution in [2.75, 3.05) is 31.6 Å². The highest BCUT2D eigenvalue weighted by atomic mass is 32.2. The van der Waals surface area contributed by atoms with Crippen LogP contribution in [0.15, 0.2) is 52.3 Å². The van der Waals surface area contributed by atoms with Crippen molar-refractivity contribution in [3.8, 4) is 0 Å². The first kappa shape index (κ1) is 21.8. The SMILES string of the molecule is Cc1ccc(NC(=O)C(C)Sc2ccc(F)cc2)cc1S(=O)(=O)N1CCOCC1. The van der Waals surface area contributed by atoms with Crippen molar-refractivity contribution in [3.63, 3.8) is 0 Å². The lowest BCUT2D eigenvalue weighted by molar-refractivity contribution is -0.115. The molecule has 1 heterocycles. The van der Waals surface area contributed by atoms with Crippen LogP contribution in [0.2, 0.25) is 0 Å².